The molecule has 3 unspecified atom stereocenters. The van der Waals surface area contributed by atoms with Crippen LogP contribution in [0.15, 0.2) is 121 Å². The summed E-state index contributed by atoms with van der Waals surface area (Å²) in [6.07, 6.45) is 5.91. The molecule has 0 aliphatic carbocycles. The van der Waals surface area contributed by atoms with Crippen molar-refractivity contribution in [1.82, 2.24) is 15.2 Å². The number of ether oxygens (including phenoxy) is 2. The Morgan fingerprint density at radius 2 is 1.66 bits per heavy atom. The molecule has 1 amide bonds. The zero-order chi connectivity index (χ0) is 40.2. The molecule has 58 heavy (non-hydrogen) atoms. The van der Waals surface area contributed by atoms with Crippen LogP contribution >= 0.6 is 23.2 Å². The summed E-state index contributed by atoms with van der Waals surface area (Å²) >= 11 is 12.3. The molecule has 1 aromatic heterocycles. The van der Waals surface area contributed by atoms with Crippen molar-refractivity contribution in [3.05, 3.63) is 182 Å². The molecule has 3 heterocycles. The minimum absolute atomic E-state index is 0.0549. The number of nitrogens with one attached hydrogen (secondary N) is 1. The third-order valence-electron chi connectivity index (χ3n) is 11.8. The predicted octanol–water partition coefficient (Wildman–Crippen LogP) is 11.6. The molecule has 5 aromatic carbocycles. The van der Waals surface area contributed by atoms with Crippen LogP contribution in [0.1, 0.15) is 82.1 Å². The average Bonchev–Trinajstić information content (AvgIpc) is 3.25. The second-order valence-electron chi connectivity index (χ2n) is 15.5. The number of carbonyl (C=O) groups excluding carboxylic acids is 1. The Morgan fingerprint density at radius 3 is 2.41 bits per heavy atom. The highest BCUT2D eigenvalue weighted by atomic mass is 35.5. The second kappa shape index (κ2) is 17.8. The van der Waals surface area contributed by atoms with E-state index in [1.807, 2.05) is 37.4 Å². The van der Waals surface area contributed by atoms with Gasteiger partial charge in [0.25, 0.3) is 0 Å². The van der Waals surface area contributed by atoms with Crippen molar-refractivity contribution >= 4 is 29.1 Å². The molecule has 0 fully saturated rings. The number of aryl methyl sites for hydroxylation is 2. The minimum atomic E-state index is -0.286. The Balaban J connectivity index is 0.953. The topological polar surface area (TPSA) is 63.7 Å². The third kappa shape index (κ3) is 8.80. The number of carbonyl (C=O) groups is 1. The van der Waals surface area contributed by atoms with Gasteiger partial charge in [0, 0.05) is 31.0 Å². The Bertz CT molecular complexity index is 2380. The van der Waals surface area contributed by atoms with E-state index in [1.165, 1.54) is 44.5 Å². The van der Waals surface area contributed by atoms with Crippen LogP contribution in [0.4, 0.5) is 0 Å². The van der Waals surface area contributed by atoms with Gasteiger partial charge >= 0.3 is 0 Å². The van der Waals surface area contributed by atoms with Crippen molar-refractivity contribution in [2.75, 3.05) is 6.54 Å². The lowest BCUT2D eigenvalue weighted by Gasteiger charge is -2.42. The molecule has 296 valence electrons. The van der Waals surface area contributed by atoms with Crippen LogP contribution in [0.2, 0.25) is 10.0 Å². The molecule has 0 saturated heterocycles. The molecule has 6 nitrogen and oxygen atoms in total. The van der Waals surface area contributed by atoms with Gasteiger partial charge in [0.05, 0.1) is 16.1 Å². The lowest BCUT2D eigenvalue weighted by Crippen LogP contribution is -2.51. The van der Waals surface area contributed by atoms with Crippen LogP contribution in [-0.2, 0) is 37.2 Å². The average molecular weight is 811 g/mol. The maximum absolute atomic E-state index is 14.2. The Hall–Kier alpha value is -5.14. The number of hydrogen-bond acceptors (Lipinski definition) is 5. The van der Waals surface area contributed by atoms with Crippen LogP contribution in [0, 0.1) is 13.8 Å². The van der Waals surface area contributed by atoms with E-state index >= 15 is 0 Å². The van der Waals surface area contributed by atoms with Crippen LogP contribution in [0.3, 0.4) is 0 Å². The van der Waals surface area contributed by atoms with Crippen molar-refractivity contribution in [2.24, 2.45) is 0 Å². The van der Waals surface area contributed by atoms with E-state index in [9.17, 15) is 4.79 Å². The van der Waals surface area contributed by atoms with Gasteiger partial charge in [-0.05, 0) is 138 Å². The fourth-order valence-corrected chi connectivity index (χ4v) is 8.78. The first kappa shape index (κ1) is 39.7. The fourth-order valence-electron chi connectivity index (χ4n) is 8.46. The van der Waals surface area contributed by atoms with Crippen molar-refractivity contribution < 1.29 is 14.3 Å². The van der Waals surface area contributed by atoms with Gasteiger partial charge in [0.2, 0.25) is 5.91 Å². The highest BCUT2D eigenvalue weighted by molar-refractivity contribution is 6.42. The molecule has 0 spiro atoms. The van der Waals surface area contributed by atoms with E-state index in [4.69, 9.17) is 32.7 Å². The van der Waals surface area contributed by atoms with Gasteiger partial charge in [0.15, 0.2) is 0 Å². The first-order valence-corrected chi connectivity index (χ1v) is 21.1. The summed E-state index contributed by atoms with van der Waals surface area (Å²) in [5, 5.41) is 4.38. The summed E-state index contributed by atoms with van der Waals surface area (Å²) < 4.78 is 12.8. The summed E-state index contributed by atoms with van der Waals surface area (Å²) in [5.74, 6) is 1.80. The zero-order valence-electron chi connectivity index (χ0n) is 33.3. The number of aromatic nitrogens is 1. The minimum Gasteiger partial charge on any atom is -0.489 e. The summed E-state index contributed by atoms with van der Waals surface area (Å²) in [6.45, 7) is 8.03. The fraction of sp³-hybridized carbons (Fsp3) is 0.280. The summed E-state index contributed by atoms with van der Waals surface area (Å²) in [4.78, 5) is 21.0. The smallest absolute Gasteiger partial charge is 0.237 e. The predicted molar refractivity (Wildman–Crippen MR) is 234 cm³/mol. The molecule has 8 heteroatoms. The molecule has 6 aromatic rings. The quantitative estimate of drug-likeness (QED) is 0.133. The Labute approximate surface area is 352 Å². The zero-order valence-corrected chi connectivity index (χ0v) is 34.8. The maximum atomic E-state index is 14.2. The van der Waals surface area contributed by atoms with Gasteiger partial charge in [-0.2, -0.15) is 0 Å². The van der Waals surface area contributed by atoms with E-state index < -0.39 is 0 Å². The number of rotatable bonds is 12. The molecule has 0 saturated carbocycles. The molecule has 2 aliphatic rings. The number of nitrogens with zero attached hydrogens (tertiary/aromatic N) is 2. The summed E-state index contributed by atoms with van der Waals surface area (Å²) in [5.41, 5.74) is 12.8. The van der Waals surface area contributed by atoms with E-state index in [1.54, 1.807) is 6.07 Å². The lowest BCUT2D eigenvalue weighted by molar-refractivity contribution is -0.128. The summed E-state index contributed by atoms with van der Waals surface area (Å²) in [7, 11) is 0. The molecular weight excluding hydrogens is 761 g/mol. The standard InChI is InChI=1S/C50H49Cl2N3O3/c1-4-46(37-8-6-5-7-9-37)55-30-41-29-49-39(17-21-48(58-49)38-15-18-42(19-16-38)57-31-35-12-20-44(51)45(52)26-35)27-40(41)28-47(55)50(56)54-24-22-34-10-13-36(14-11-34)43-23-25-53-33(3)32(43)2/h5-16,18-20,23,25-27,29,46-48H,4,17,21-22,24,28,30-31H2,1-3H3,(H,54,56). The molecule has 0 radical (unpaired) electrons. The number of amides is 1. The van der Waals surface area contributed by atoms with Gasteiger partial charge in [-0.15, -0.1) is 0 Å². The van der Waals surface area contributed by atoms with Gasteiger partial charge < -0.3 is 14.8 Å². The van der Waals surface area contributed by atoms with Crippen LogP contribution in [0.5, 0.6) is 11.5 Å². The Morgan fingerprint density at radius 1 is 0.879 bits per heavy atom. The van der Waals surface area contributed by atoms with Crippen LogP contribution in [-0.4, -0.2) is 28.4 Å². The van der Waals surface area contributed by atoms with Crippen molar-refractivity contribution in [2.45, 2.75) is 84.2 Å². The molecule has 0 bridgehead atoms. The number of fused-ring (bicyclic) bond motifs is 2. The van der Waals surface area contributed by atoms with Gasteiger partial charge in [-0.3, -0.25) is 14.7 Å². The molecule has 8 rings (SSSR count). The SMILES string of the molecule is CCC(c1ccccc1)N1Cc2cc3c(cc2CC1C(=O)NCCc1ccc(-c2ccnc(C)c2C)cc1)CCC(c1ccc(OCc2ccc(Cl)c(Cl)c2)cc1)O3. The van der Waals surface area contributed by atoms with Gasteiger partial charge in [-0.1, -0.05) is 109 Å². The van der Waals surface area contributed by atoms with Crippen molar-refractivity contribution in [3.63, 3.8) is 0 Å². The largest absolute Gasteiger partial charge is 0.489 e. The highest BCUT2D eigenvalue weighted by Gasteiger charge is 2.37. The van der Waals surface area contributed by atoms with Crippen LogP contribution < -0.4 is 14.8 Å². The number of hydrogen-bond donors (Lipinski definition) is 1. The number of pyridine rings is 1. The third-order valence-corrected chi connectivity index (χ3v) is 12.6. The van der Waals surface area contributed by atoms with Crippen LogP contribution in [0.25, 0.3) is 11.1 Å². The van der Waals surface area contributed by atoms with E-state index in [0.29, 0.717) is 36.2 Å². The van der Waals surface area contributed by atoms with Crippen molar-refractivity contribution in [1.29, 1.82) is 0 Å². The first-order valence-electron chi connectivity index (χ1n) is 20.3. The normalized spacial score (nSPS) is 16.8. The van der Waals surface area contributed by atoms with Crippen molar-refractivity contribution in [3.8, 4) is 22.6 Å². The summed E-state index contributed by atoms with van der Waals surface area (Å²) in [6, 6.07) is 39.4. The molecular formula is C50H49Cl2N3O3. The Kier molecular flexibility index (Phi) is 12.2. The lowest BCUT2D eigenvalue weighted by atomic mass is 9.86. The van der Waals surface area contributed by atoms with E-state index in [2.05, 4.69) is 114 Å². The number of benzene rings is 5. The molecule has 1 N–H and O–H groups in total. The molecule has 2 aliphatic heterocycles. The number of halogens is 2. The second-order valence-corrected chi connectivity index (χ2v) is 16.3. The maximum Gasteiger partial charge on any atom is 0.237 e. The van der Waals surface area contributed by atoms with Gasteiger partial charge in [0.1, 0.15) is 24.2 Å². The monoisotopic (exact) mass is 809 g/mol. The first-order chi connectivity index (χ1) is 28.2. The molecule has 3 atom stereocenters. The van der Waals surface area contributed by atoms with Gasteiger partial charge in [-0.25, -0.2) is 0 Å². The van der Waals surface area contributed by atoms with E-state index in [0.717, 1.165) is 54.0 Å². The highest BCUT2D eigenvalue weighted by Crippen LogP contribution is 2.41. The van der Waals surface area contributed by atoms with E-state index in [-0.39, 0.29) is 24.1 Å².